The van der Waals surface area contributed by atoms with Gasteiger partial charge in [-0.3, -0.25) is 0 Å². The number of ether oxygens (including phenoxy) is 2. The second-order valence-corrected chi connectivity index (χ2v) is 12.0. The van der Waals surface area contributed by atoms with Crippen LogP contribution in [-0.4, -0.2) is 60.4 Å². The molecule has 170 valence electrons. The fourth-order valence-electron chi connectivity index (χ4n) is 3.87. The molecule has 1 fully saturated rings. The third-order valence-electron chi connectivity index (χ3n) is 5.65. The van der Waals surface area contributed by atoms with Gasteiger partial charge in [-0.05, 0) is 60.8 Å². The summed E-state index contributed by atoms with van der Waals surface area (Å²) in [5.74, 6) is 0.821. The van der Waals surface area contributed by atoms with Crippen LogP contribution in [-0.2, 0) is 32.5 Å². The molecule has 1 aliphatic heterocycles. The summed E-state index contributed by atoms with van der Waals surface area (Å²) < 4.78 is 61.7. The van der Waals surface area contributed by atoms with Crippen LogP contribution in [0.5, 0.6) is 11.5 Å². The first-order chi connectivity index (χ1) is 14.7. The van der Waals surface area contributed by atoms with E-state index >= 15 is 0 Å². The first-order valence-corrected chi connectivity index (χ1v) is 13.5. The lowest BCUT2D eigenvalue weighted by atomic mass is 10.1. The van der Waals surface area contributed by atoms with Crippen molar-refractivity contribution in [3.05, 3.63) is 53.6 Å². The van der Waals surface area contributed by atoms with Gasteiger partial charge in [-0.2, -0.15) is 0 Å². The Morgan fingerprint density at radius 3 is 2.35 bits per heavy atom. The third-order valence-corrected chi connectivity index (χ3v) is 9.81. The van der Waals surface area contributed by atoms with Crippen molar-refractivity contribution in [2.24, 2.45) is 0 Å². The van der Waals surface area contributed by atoms with Crippen molar-refractivity contribution >= 4 is 19.7 Å². The van der Waals surface area contributed by atoms with E-state index in [0.717, 1.165) is 17.5 Å². The molecular weight excluding hydrogens is 438 g/mol. The Kier molecular flexibility index (Phi) is 7.28. The van der Waals surface area contributed by atoms with E-state index < -0.39 is 31.0 Å². The minimum absolute atomic E-state index is 0.160. The fraction of sp³-hybridized carbons (Fsp3) is 0.455. The number of hydrogen-bond donors (Lipinski definition) is 1. The molecule has 0 saturated carbocycles. The lowest BCUT2D eigenvalue weighted by Gasteiger charge is -2.20. The predicted octanol–water partition coefficient (Wildman–Crippen LogP) is 2.04. The highest BCUT2D eigenvalue weighted by atomic mass is 32.2. The molecule has 1 saturated heterocycles. The van der Waals surface area contributed by atoms with Gasteiger partial charge < -0.3 is 14.8 Å². The zero-order chi connectivity index (χ0) is 22.6. The van der Waals surface area contributed by atoms with E-state index in [1.807, 2.05) is 13.0 Å². The summed E-state index contributed by atoms with van der Waals surface area (Å²) in [6.07, 6.45) is 1.34. The molecule has 1 N–H and O–H groups in total. The molecule has 0 spiro atoms. The molecule has 31 heavy (non-hydrogen) atoms. The Bertz CT molecular complexity index is 1110. The lowest BCUT2D eigenvalue weighted by molar-refractivity contribution is 0.398. The monoisotopic (exact) mass is 467 g/mol. The van der Waals surface area contributed by atoms with E-state index in [1.54, 1.807) is 50.6 Å². The summed E-state index contributed by atoms with van der Waals surface area (Å²) in [6.45, 7) is 2.40. The number of sulfone groups is 2. The van der Waals surface area contributed by atoms with Gasteiger partial charge in [-0.1, -0.05) is 19.1 Å². The van der Waals surface area contributed by atoms with E-state index in [0.29, 0.717) is 24.5 Å². The molecule has 0 unspecified atom stereocenters. The Morgan fingerprint density at radius 1 is 1.03 bits per heavy atom. The fourth-order valence-corrected chi connectivity index (χ4v) is 8.59. The number of hydrogen-bond acceptors (Lipinski definition) is 7. The van der Waals surface area contributed by atoms with Gasteiger partial charge >= 0.3 is 0 Å². The van der Waals surface area contributed by atoms with Crippen molar-refractivity contribution < 1.29 is 26.3 Å². The quantitative estimate of drug-likeness (QED) is 0.602. The van der Waals surface area contributed by atoms with Gasteiger partial charge in [0.1, 0.15) is 11.5 Å². The summed E-state index contributed by atoms with van der Waals surface area (Å²) in [4.78, 5) is 0.160. The van der Waals surface area contributed by atoms with Gasteiger partial charge in [0.25, 0.3) is 0 Å². The third kappa shape index (κ3) is 5.39. The SMILES string of the molecule is CCc1ccc(S(=O)(=O)[C@@H]2CS(=O)(=O)C[C@@H]2NCCc2cc(OC)ccc2OC)cc1. The highest BCUT2D eigenvalue weighted by molar-refractivity contribution is 7.96. The van der Waals surface area contributed by atoms with Crippen molar-refractivity contribution in [3.63, 3.8) is 0 Å². The standard InChI is InChI=1S/C22H29NO6S2/c1-4-16-5-8-19(9-6-16)31(26,27)22-15-30(24,25)14-20(22)23-12-11-17-13-18(28-2)7-10-21(17)29-3/h5-10,13,20,22-23H,4,11-12,14-15H2,1-3H3/t20-,22+/m0/s1. The first kappa shape index (κ1) is 23.6. The van der Waals surface area contributed by atoms with Crippen LogP contribution in [0.4, 0.5) is 0 Å². The Labute approximate surface area is 184 Å². The van der Waals surface area contributed by atoms with Crippen LogP contribution >= 0.6 is 0 Å². The molecule has 9 heteroatoms. The summed E-state index contributed by atoms with van der Waals surface area (Å²) in [5, 5.41) is 2.15. The lowest BCUT2D eigenvalue weighted by Crippen LogP contribution is -2.44. The Balaban J connectivity index is 1.76. The topological polar surface area (TPSA) is 98.8 Å². The Morgan fingerprint density at radius 2 is 1.74 bits per heavy atom. The number of benzene rings is 2. The molecule has 0 radical (unpaired) electrons. The molecule has 2 aromatic carbocycles. The van der Waals surface area contributed by atoms with Crippen molar-refractivity contribution in [2.75, 3.05) is 32.3 Å². The van der Waals surface area contributed by atoms with E-state index in [2.05, 4.69) is 5.32 Å². The first-order valence-electron chi connectivity index (χ1n) is 10.2. The molecule has 1 heterocycles. The van der Waals surface area contributed by atoms with Crippen molar-refractivity contribution in [1.29, 1.82) is 0 Å². The summed E-state index contributed by atoms with van der Waals surface area (Å²) >= 11 is 0. The maximum absolute atomic E-state index is 13.2. The minimum Gasteiger partial charge on any atom is -0.497 e. The number of rotatable bonds is 9. The van der Waals surface area contributed by atoms with E-state index in [1.165, 1.54) is 0 Å². The van der Waals surface area contributed by atoms with Gasteiger partial charge in [-0.15, -0.1) is 0 Å². The number of methoxy groups -OCH3 is 2. The highest BCUT2D eigenvalue weighted by Crippen LogP contribution is 2.27. The van der Waals surface area contributed by atoms with Crippen molar-refractivity contribution in [3.8, 4) is 11.5 Å². The predicted molar refractivity (Wildman–Crippen MR) is 120 cm³/mol. The summed E-state index contributed by atoms with van der Waals surface area (Å²) in [7, 11) is -4.09. The molecule has 0 amide bonds. The van der Waals surface area contributed by atoms with E-state index in [-0.39, 0.29) is 16.4 Å². The second-order valence-electron chi connectivity index (χ2n) is 7.65. The van der Waals surface area contributed by atoms with Crippen molar-refractivity contribution in [2.45, 2.75) is 36.0 Å². The van der Waals surface area contributed by atoms with Crippen LogP contribution in [0.25, 0.3) is 0 Å². The van der Waals surface area contributed by atoms with Crippen LogP contribution < -0.4 is 14.8 Å². The zero-order valence-electron chi connectivity index (χ0n) is 18.0. The number of nitrogens with one attached hydrogen (secondary N) is 1. The summed E-state index contributed by atoms with van der Waals surface area (Å²) in [5.41, 5.74) is 1.92. The second kappa shape index (κ2) is 9.58. The minimum atomic E-state index is -3.79. The largest absolute Gasteiger partial charge is 0.497 e. The molecule has 0 aliphatic carbocycles. The zero-order valence-corrected chi connectivity index (χ0v) is 19.6. The smallest absolute Gasteiger partial charge is 0.183 e. The molecule has 1 aliphatic rings. The van der Waals surface area contributed by atoms with Crippen LogP contribution in [0, 0.1) is 0 Å². The highest BCUT2D eigenvalue weighted by Gasteiger charge is 2.45. The van der Waals surface area contributed by atoms with Gasteiger partial charge in [0.05, 0.1) is 35.9 Å². The maximum Gasteiger partial charge on any atom is 0.183 e. The van der Waals surface area contributed by atoms with E-state index in [9.17, 15) is 16.8 Å². The normalized spacial score (nSPS) is 20.5. The van der Waals surface area contributed by atoms with Crippen molar-refractivity contribution in [1.82, 2.24) is 5.32 Å². The van der Waals surface area contributed by atoms with Crippen LogP contribution in [0.1, 0.15) is 18.1 Å². The van der Waals surface area contributed by atoms with Crippen LogP contribution in [0.3, 0.4) is 0 Å². The van der Waals surface area contributed by atoms with Gasteiger partial charge in [0, 0.05) is 6.04 Å². The molecule has 2 atom stereocenters. The molecule has 7 nitrogen and oxygen atoms in total. The molecule has 0 aromatic heterocycles. The van der Waals surface area contributed by atoms with Gasteiger partial charge in [-0.25, -0.2) is 16.8 Å². The average Bonchev–Trinajstić information content (AvgIpc) is 3.08. The van der Waals surface area contributed by atoms with E-state index in [4.69, 9.17) is 9.47 Å². The Hall–Kier alpha value is -2.10. The maximum atomic E-state index is 13.2. The van der Waals surface area contributed by atoms with Crippen LogP contribution in [0.15, 0.2) is 47.4 Å². The molecule has 3 rings (SSSR count). The number of aryl methyl sites for hydroxylation is 1. The van der Waals surface area contributed by atoms with Gasteiger partial charge in [0.15, 0.2) is 19.7 Å². The van der Waals surface area contributed by atoms with Crippen LogP contribution in [0.2, 0.25) is 0 Å². The van der Waals surface area contributed by atoms with Gasteiger partial charge in [0.2, 0.25) is 0 Å². The average molecular weight is 468 g/mol. The molecular formula is C22H29NO6S2. The molecule has 2 aromatic rings. The molecule has 0 bridgehead atoms. The summed E-state index contributed by atoms with van der Waals surface area (Å²) in [6, 6.07) is 11.5.